The van der Waals surface area contributed by atoms with Gasteiger partial charge in [-0.25, -0.2) is 0 Å². The summed E-state index contributed by atoms with van der Waals surface area (Å²) in [6, 6.07) is 14.2. The van der Waals surface area contributed by atoms with Gasteiger partial charge in [0.25, 0.3) is 0 Å². The first-order valence-electron chi connectivity index (χ1n) is 6.58. The van der Waals surface area contributed by atoms with E-state index in [9.17, 15) is 5.11 Å². The zero-order valence-corrected chi connectivity index (χ0v) is 11.5. The van der Waals surface area contributed by atoms with Crippen molar-refractivity contribution in [3.8, 4) is 5.75 Å². The first-order valence-corrected chi connectivity index (χ1v) is 6.58. The van der Waals surface area contributed by atoms with Gasteiger partial charge < -0.3 is 15.6 Å². The lowest BCUT2D eigenvalue weighted by Crippen LogP contribution is -2.38. The number of hydrogen-bond acceptors (Lipinski definition) is 3. The van der Waals surface area contributed by atoms with E-state index >= 15 is 0 Å². The molecule has 0 aliphatic heterocycles. The van der Waals surface area contributed by atoms with Crippen molar-refractivity contribution in [1.82, 2.24) is 0 Å². The second-order valence-electron chi connectivity index (χ2n) is 5.34. The fourth-order valence-corrected chi connectivity index (χ4v) is 2.22. The Morgan fingerprint density at radius 1 is 1.21 bits per heavy atom. The van der Waals surface area contributed by atoms with Crippen molar-refractivity contribution in [2.24, 2.45) is 5.73 Å². The molecule has 3 N–H and O–H groups in total. The van der Waals surface area contributed by atoms with Crippen LogP contribution < -0.4 is 10.5 Å². The van der Waals surface area contributed by atoms with Crippen LogP contribution in [0.2, 0.25) is 0 Å². The fourth-order valence-electron chi connectivity index (χ4n) is 2.22. The standard InChI is InChI=1S/C16H21NO2/c1-12(10-16(2,18)11-17)19-15-8-7-13-5-3-4-6-14(13)9-15/h3-9,12,18H,10-11,17H2,1-2H3. The van der Waals surface area contributed by atoms with Crippen LogP contribution in [0.4, 0.5) is 0 Å². The number of fused-ring (bicyclic) bond motifs is 1. The molecule has 0 saturated heterocycles. The third-order valence-electron chi connectivity index (χ3n) is 3.23. The Hall–Kier alpha value is -1.58. The molecule has 2 unspecified atom stereocenters. The Morgan fingerprint density at radius 3 is 2.58 bits per heavy atom. The van der Waals surface area contributed by atoms with Gasteiger partial charge >= 0.3 is 0 Å². The molecule has 2 rings (SSSR count). The van der Waals surface area contributed by atoms with Crippen LogP contribution >= 0.6 is 0 Å². The van der Waals surface area contributed by atoms with E-state index in [1.807, 2.05) is 37.3 Å². The smallest absolute Gasteiger partial charge is 0.120 e. The molecule has 0 fully saturated rings. The highest BCUT2D eigenvalue weighted by Gasteiger charge is 2.22. The van der Waals surface area contributed by atoms with E-state index in [0.29, 0.717) is 6.42 Å². The highest BCUT2D eigenvalue weighted by Crippen LogP contribution is 2.23. The molecule has 0 aliphatic rings. The lowest BCUT2D eigenvalue weighted by atomic mass is 9.99. The molecular weight excluding hydrogens is 238 g/mol. The third-order valence-corrected chi connectivity index (χ3v) is 3.23. The molecule has 0 saturated carbocycles. The Balaban J connectivity index is 2.08. The van der Waals surface area contributed by atoms with E-state index < -0.39 is 5.60 Å². The van der Waals surface area contributed by atoms with E-state index in [2.05, 4.69) is 12.1 Å². The van der Waals surface area contributed by atoms with Crippen molar-refractivity contribution in [1.29, 1.82) is 0 Å². The molecule has 3 heteroatoms. The van der Waals surface area contributed by atoms with E-state index in [0.717, 1.165) is 11.1 Å². The van der Waals surface area contributed by atoms with Crippen molar-refractivity contribution in [2.45, 2.75) is 32.0 Å². The molecule has 2 aromatic carbocycles. The monoisotopic (exact) mass is 259 g/mol. The topological polar surface area (TPSA) is 55.5 Å². The summed E-state index contributed by atoms with van der Waals surface area (Å²) in [5.74, 6) is 0.819. The summed E-state index contributed by atoms with van der Waals surface area (Å²) in [6.45, 7) is 3.91. The lowest BCUT2D eigenvalue weighted by molar-refractivity contribution is 0.0237. The van der Waals surface area contributed by atoms with Crippen LogP contribution in [0.15, 0.2) is 42.5 Å². The zero-order chi connectivity index (χ0) is 13.9. The zero-order valence-electron chi connectivity index (χ0n) is 11.5. The first kappa shape index (κ1) is 13.8. The van der Waals surface area contributed by atoms with Crippen molar-refractivity contribution < 1.29 is 9.84 Å². The summed E-state index contributed by atoms with van der Waals surface area (Å²) in [5, 5.41) is 12.3. The van der Waals surface area contributed by atoms with Gasteiger partial charge in [-0.05, 0) is 36.8 Å². The van der Waals surface area contributed by atoms with Crippen molar-refractivity contribution in [2.75, 3.05) is 6.54 Å². The minimum atomic E-state index is -0.879. The summed E-state index contributed by atoms with van der Waals surface area (Å²) < 4.78 is 5.84. The minimum Gasteiger partial charge on any atom is -0.491 e. The van der Waals surface area contributed by atoms with Gasteiger partial charge in [0, 0.05) is 13.0 Å². The van der Waals surface area contributed by atoms with Crippen molar-refractivity contribution >= 4 is 10.8 Å². The lowest BCUT2D eigenvalue weighted by Gasteiger charge is -2.25. The van der Waals surface area contributed by atoms with Gasteiger partial charge in [0.05, 0.1) is 11.7 Å². The molecule has 19 heavy (non-hydrogen) atoms. The molecule has 0 heterocycles. The average Bonchev–Trinajstić information content (AvgIpc) is 2.38. The molecule has 0 bridgehead atoms. The second kappa shape index (κ2) is 5.59. The van der Waals surface area contributed by atoms with Crippen LogP contribution in [0.3, 0.4) is 0 Å². The number of rotatable bonds is 5. The van der Waals surface area contributed by atoms with Gasteiger partial charge in [-0.15, -0.1) is 0 Å². The number of hydrogen-bond donors (Lipinski definition) is 2. The molecule has 102 valence electrons. The van der Waals surface area contributed by atoms with Crippen molar-refractivity contribution in [3.05, 3.63) is 42.5 Å². The van der Waals surface area contributed by atoms with Crippen molar-refractivity contribution in [3.63, 3.8) is 0 Å². The maximum atomic E-state index is 9.94. The van der Waals surface area contributed by atoms with Crippen LogP contribution in [0.25, 0.3) is 10.8 Å². The quantitative estimate of drug-likeness (QED) is 0.868. The molecule has 3 nitrogen and oxygen atoms in total. The van der Waals surface area contributed by atoms with Crippen LogP contribution in [-0.2, 0) is 0 Å². The summed E-state index contributed by atoms with van der Waals surface area (Å²) in [4.78, 5) is 0. The summed E-state index contributed by atoms with van der Waals surface area (Å²) in [5.41, 5.74) is 4.64. The van der Waals surface area contributed by atoms with E-state index in [1.165, 1.54) is 5.39 Å². The number of benzene rings is 2. The summed E-state index contributed by atoms with van der Waals surface area (Å²) in [7, 11) is 0. The highest BCUT2D eigenvalue weighted by atomic mass is 16.5. The Kier molecular flexibility index (Phi) is 4.08. The van der Waals surface area contributed by atoms with Crippen LogP contribution in [-0.4, -0.2) is 23.4 Å². The van der Waals surface area contributed by atoms with Gasteiger partial charge in [0.1, 0.15) is 5.75 Å². The van der Waals surface area contributed by atoms with Gasteiger partial charge in [-0.3, -0.25) is 0 Å². The number of nitrogens with two attached hydrogens (primary N) is 1. The molecule has 0 aliphatic carbocycles. The number of ether oxygens (including phenoxy) is 1. The van der Waals surface area contributed by atoms with E-state index in [4.69, 9.17) is 10.5 Å². The van der Waals surface area contributed by atoms with Crippen LogP contribution in [0.1, 0.15) is 20.3 Å². The van der Waals surface area contributed by atoms with Crippen LogP contribution in [0, 0.1) is 0 Å². The summed E-state index contributed by atoms with van der Waals surface area (Å²) in [6.07, 6.45) is 0.427. The van der Waals surface area contributed by atoms with Gasteiger partial charge in [0.15, 0.2) is 0 Å². The minimum absolute atomic E-state index is 0.0836. The largest absolute Gasteiger partial charge is 0.491 e. The molecule has 0 spiro atoms. The Bertz CT molecular complexity index is 551. The first-order chi connectivity index (χ1) is 9.00. The van der Waals surface area contributed by atoms with E-state index in [1.54, 1.807) is 6.92 Å². The highest BCUT2D eigenvalue weighted by molar-refractivity contribution is 5.83. The Labute approximate surface area is 114 Å². The third kappa shape index (κ3) is 3.69. The molecule has 2 aromatic rings. The molecular formula is C16H21NO2. The van der Waals surface area contributed by atoms with Gasteiger partial charge in [-0.1, -0.05) is 30.3 Å². The Morgan fingerprint density at radius 2 is 1.89 bits per heavy atom. The number of aliphatic hydroxyl groups is 1. The predicted molar refractivity (Wildman–Crippen MR) is 78.3 cm³/mol. The molecule has 2 atom stereocenters. The maximum absolute atomic E-state index is 9.94. The molecule has 0 radical (unpaired) electrons. The van der Waals surface area contributed by atoms with Crippen LogP contribution in [0.5, 0.6) is 5.75 Å². The molecule has 0 aromatic heterocycles. The average molecular weight is 259 g/mol. The predicted octanol–water partition coefficient (Wildman–Crippen LogP) is 2.71. The van der Waals surface area contributed by atoms with Gasteiger partial charge in [0.2, 0.25) is 0 Å². The molecule has 0 amide bonds. The normalized spacial score (nSPS) is 16.0. The fraction of sp³-hybridized carbons (Fsp3) is 0.375. The summed E-state index contributed by atoms with van der Waals surface area (Å²) >= 11 is 0. The van der Waals surface area contributed by atoms with E-state index in [-0.39, 0.29) is 12.6 Å². The SMILES string of the molecule is CC(CC(C)(O)CN)Oc1ccc2ccccc2c1. The maximum Gasteiger partial charge on any atom is 0.120 e. The second-order valence-corrected chi connectivity index (χ2v) is 5.34. The van der Waals surface area contributed by atoms with Gasteiger partial charge in [-0.2, -0.15) is 0 Å².